The SMILES string of the molecule is C#CC(C)(C)NS(=O)(=O)NC(=O)OC(C)(C)C. The molecule has 98 valence electrons. The molecule has 0 aliphatic heterocycles. The third-order valence-electron chi connectivity index (χ3n) is 1.37. The second-order valence-electron chi connectivity index (χ2n) is 4.98. The molecule has 0 saturated carbocycles. The third-order valence-corrected chi connectivity index (χ3v) is 2.58. The van der Waals surface area contributed by atoms with Gasteiger partial charge in [0, 0.05) is 0 Å². The average Bonchev–Trinajstić information content (AvgIpc) is 1.96. The molecule has 0 spiro atoms. The van der Waals surface area contributed by atoms with Crippen LogP contribution in [0, 0.1) is 12.3 Å². The summed E-state index contributed by atoms with van der Waals surface area (Å²) in [5.74, 6) is 2.24. The topological polar surface area (TPSA) is 84.5 Å². The molecule has 0 heterocycles. The van der Waals surface area contributed by atoms with Gasteiger partial charge in [-0.3, -0.25) is 0 Å². The minimum atomic E-state index is -4.04. The zero-order valence-corrected chi connectivity index (χ0v) is 11.4. The van der Waals surface area contributed by atoms with Gasteiger partial charge in [-0.1, -0.05) is 5.92 Å². The summed E-state index contributed by atoms with van der Waals surface area (Å²) in [6, 6.07) is 0. The van der Waals surface area contributed by atoms with E-state index in [0.717, 1.165) is 0 Å². The summed E-state index contributed by atoms with van der Waals surface area (Å²) in [4.78, 5) is 11.2. The largest absolute Gasteiger partial charge is 0.443 e. The minimum absolute atomic E-state index is 0.777. The van der Waals surface area contributed by atoms with Crippen molar-refractivity contribution in [2.75, 3.05) is 0 Å². The van der Waals surface area contributed by atoms with Gasteiger partial charge in [-0.25, -0.2) is 9.52 Å². The van der Waals surface area contributed by atoms with E-state index >= 15 is 0 Å². The van der Waals surface area contributed by atoms with Gasteiger partial charge in [0.1, 0.15) is 5.60 Å². The molecule has 0 saturated heterocycles. The number of amides is 1. The van der Waals surface area contributed by atoms with Crippen molar-refractivity contribution in [1.29, 1.82) is 0 Å². The molecule has 0 aliphatic carbocycles. The van der Waals surface area contributed by atoms with Gasteiger partial charge >= 0.3 is 16.3 Å². The van der Waals surface area contributed by atoms with Crippen molar-refractivity contribution in [2.45, 2.75) is 45.8 Å². The molecule has 0 atom stereocenters. The molecule has 0 aromatic heterocycles. The van der Waals surface area contributed by atoms with E-state index in [2.05, 4.69) is 10.6 Å². The van der Waals surface area contributed by atoms with Crippen LogP contribution in [0.15, 0.2) is 0 Å². The van der Waals surface area contributed by atoms with Crippen LogP contribution in [0.5, 0.6) is 0 Å². The molecule has 17 heavy (non-hydrogen) atoms. The smallest absolute Gasteiger partial charge is 0.422 e. The monoisotopic (exact) mass is 262 g/mol. The van der Waals surface area contributed by atoms with E-state index in [1.54, 1.807) is 25.5 Å². The Balaban J connectivity index is 4.60. The highest BCUT2D eigenvalue weighted by Gasteiger charge is 2.26. The lowest BCUT2D eigenvalue weighted by Crippen LogP contribution is -2.50. The minimum Gasteiger partial charge on any atom is -0.443 e. The van der Waals surface area contributed by atoms with E-state index in [1.807, 2.05) is 0 Å². The molecular weight excluding hydrogens is 244 g/mol. The molecule has 6 nitrogen and oxygen atoms in total. The maximum absolute atomic E-state index is 11.5. The maximum Gasteiger partial charge on any atom is 0.422 e. The summed E-state index contributed by atoms with van der Waals surface area (Å²) in [6.07, 6.45) is 4.07. The van der Waals surface area contributed by atoms with Crippen LogP contribution in [-0.2, 0) is 14.9 Å². The average molecular weight is 262 g/mol. The highest BCUT2D eigenvalue weighted by atomic mass is 32.2. The van der Waals surface area contributed by atoms with E-state index in [0.29, 0.717) is 0 Å². The lowest BCUT2D eigenvalue weighted by Gasteiger charge is -2.22. The lowest BCUT2D eigenvalue weighted by atomic mass is 10.1. The quantitative estimate of drug-likeness (QED) is 0.735. The molecule has 0 aromatic carbocycles. The number of terminal acetylenes is 1. The van der Waals surface area contributed by atoms with Gasteiger partial charge in [0.15, 0.2) is 0 Å². The van der Waals surface area contributed by atoms with Gasteiger partial charge in [-0.15, -0.1) is 6.42 Å². The zero-order valence-electron chi connectivity index (χ0n) is 10.6. The van der Waals surface area contributed by atoms with Crippen molar-refractivity contribution in [1.82, 2.24) is 9.44 Å². The van der Waals surface area contributed by atoms with Gasteiger partial charge in [-0.2, -0.15) is 13.1 Å². The van der Waals surface area contributed by atoms with Crippen LogP contribution >= 0.6 is 0 Å². The first kappa shape index (κ1) is 15.7. The molecule has 0 fully saturated rings. The van der Waals surface area contributed by atoms with E-state index in [9.17, 15) is 13.2 Å². The zero-order chi connectivity index (χ0) is 13.9. The number of carbonyl (C=O) groups is 1. The Kier molecular flexibility index (Phi) is 4.57. The summed E-state index contributed by atoms with van der Waals surface area (Å²) in [5, 5.41) is 0. The maximum atomic E-state index is 11.5. The van der Waals surface area contributed by atoms with E-state index < -0.39 is 27.4 Å². The molecule has 2 N–H and O–H groups in total. The Labute approximate surface area is 102 Å². The van der Waals surface area contributed by atoms with Crippen LogP contribution in [0.4, 0.5) is 4.79 Å². The summed E-state index contributed by atoms with van der Waals surface area (Å²) in [7, 11) is -4.04. The molecule has 1 amide bonds. The highest BCUT2D eigenvalue weighted by molar-refractivity contribution is 7.88. The fraction of sp³-hybridized carbons (Fsp3) is 0.700. The first-order valence-corrected chi connectivity index (χ1v) is 6.38. The van der Waals surface area contributed by atoms with Crippen molar-refractivity contribution >= 4 is 16.3 Å². The summed E-state index contributed by atoms with van der Waals surface area (Å²) >= 11 is 0. The number of ether oxygens (including phenoxy) is 1. The first-order valence-electron chi connectivity index (χ1n) is 4.89. The second-order valence-corrected chi connectivity index (χ2v) is 6.39. The van der Waals surface area contributed by atoms with Crippen LogP contribution in [-0.4, -0.2) is 25.7 Å². The van der Waals surface area contributed by atoms with Crippen molar-refractivity contribution in [2.24, 2.45) is 0 Å². The van der Waals surface area contributed by atoms with Gasteiger partial charge < -0.3 is 4.74 Å². The van der Waals surface area contributed by atoms with E-state index in [-0.39, 0.29) is 0 Å². The first-order chi connectivity index (χ1) is 7.37. The normalized spacial score (nSPS) is 12.7. The molecule has 0 rings (SSSR count). The Hall–Kier alpha value is -1.26. The van der Waals surface area contributed by atoms with Crippen molar-refractivity contribution in [3.63, 3.8) is 0 Å². The van der Waals surface area contributed by atoms with Gasteiger partial charge in [-0.05, 0) is 34.6 Å². The Morgan fingerprint density at radius 3 is 2.06 bits per heavy atom. The van der Waals surface area contributed by atoms with Crippen LogP contribution in [0.25, 0.3) is 0 Å². The van der Waals surface area contributed by atoms with Crippen molar-refractivity contribution in [3.8, 4) is 12.3 Å². The molecule has 0 aliphatic rings. The Morgan fingerprint density at radius 1 is 1.24 bits per heavy atom. The third kappa shape index (κ3) is 7.60. The summed E-state index contributed by atoms with van der Waals surface area (Å²) < 4.78 is 31.6. The van der Waals surface area contributed by atoms with Crippen LogP contribution < -0.4 is 9.44 Å². The lowest BCUT2D eigenvalue weighted by molar-refractivity contribution is 0.0569. The Bertz CT molecular complexity index is 426. The van der Waals surface area contributed by atoms with Crippen LogP contribution in [0.2, 0.25) is 0 Å². The molecule has 0 radical (unpaired) electrons. The molecular formula is C10H18N2O4S. The Morgan fingerprint density at radius 2 is 1.71 bits per heavy atom. The number of hydrogen-bond donors (Lipinski definition) is 2. The predicted molar refractivity (Wildman–Crippen MR) is 64.3 cm³/mol. The molecule has 0 unspecified atom stereocenters. The number of carbonyl (C=O) groups excluding carboxylic acids is 1. The van der Waals surface area contributed by atoms with Crippen LogP contribution in [0.1, 0.15) is 34.6 Å². The molecule has 0 aromatic rings. The highest BCUT2D eigenvalue weighted by Crippen LogP contribution is 2.07. The van der Waals surface area contributed by atoms with Crippen molar-refractivity contribution < 1.29 is 17.9 Å². The summed E-state index contributed by atoms with van der Waals surface area (Å²) in [5.41, 5.74) is -1.87. The van der Waals surface area contributed by atoms with E-state index in [4.69, 9.17) is 11.2 Å². The summed E-state index contributed by atoms with van der Waals surface area (Å²) in [6.45, 7) is 7.84. The van der Waals surface area contributed by atoms with E-state index in [1.165, 1.54) is 13.8 Å². The van der Waals surface area contributed by atoms with Crippen LogP contribution in [0.3, 0.4) is 0 Å². The predicted octanol–water partition coefficient (Wildman–Crippen LogP) is 0.757. The fourth-order valence-corrected chi connectivity index (χ4v) is 1.84. The fourth-order valence-electron chi connectivity index (χ4n) is 0.800. The van der Waals surface area contributed by atoms with Gasteiger partial charge in [0.2, 0.25) is 0 Å². The van der Waals surface area contributed by atoms with Gasteiger partial charge in [0.05, 0.1) is 5.54 Å². The molecule has 0 bridgehead atoms. The standard InChI is InChI=1S/C10H18N2O4S/c1-7-10(5,6)12-17(14,15)11-8(13)16-9(2,3)4/h1,12H,2-6H3,(H,11,13). The van der Waals surface area contributed by atoms with Crippen molar-refractivity contribution in [3.05, 3.63) is 0 Å². The number of rotatable bonds is 3. The number of nitrogens with one attached hydrogen (secondary N) is 2. The number of hydrogen-bond acceptors (Lipinski definition) is 4. The second kappa shape index (κ2) is 4.94. The molecule has 7 heteroatoms. The van der Waals surface area contributed by atoms with Gasteiger partial charge in [0.25, 0.3) is 0 Å².